The van der Waals surface area contributed by atoms with Crippen LogP contribution in [-0.4, -0.2) is 40.3 Å². The summed E-state index contributed by atoms with van der Waals surface area (Å²) >= 11 is 0. The molecule has 0 saturated carbocycles. The summed E-state index contributed by atoms with van der Waals surface area (Å²) < 4.78 is 27.3. The van der Waals surface area contributed by atoms with E-state index in [-0.39, 0.29) is 42.4 Å². The van der Waals surface area contributed by atoms with E-state index in [9.17, 15) is 9.13 Å². The van der Waals surface area contributed by atoms with Crippen LogP contribution < -0.4 is 0 Å². The van der Waals surface area contributed by atoms with Gasteiger partial charge >= 0.3 is 16.1 Å². The predicted octanol–water partition coefficient (Wildman–Crippen LogP) is 0.806. The van der Waals surface area contributed by atoms with Crippen molar-refractivity contribution in [3.63, 3.8) is 0 Å². The summed E-state index contributed by atoms with van der Waals surface area (Å²) in [6, 6.07) is 0. The van der Waals surface area contributed by atoms with Crippen molar-refractivity contribution < 1.29 is 59.7 Å². The van der Waals surface area contributed by atoms with E-state index in [4.69, 9.17) is 20.0 Å². The summed E-state index contributed by atoms with van der Waals surface area (Å²) in [5.41, 5.74) is 0. The van der Waals surface area contributed by atoms with Crippen LogP contribution in [0.2, 0.25) is 0 Å². The average molecular weight is 329 g/mol. The molecule has 0 saturated heterocycles. The van der Waals surface area contributed by atoms with E-state index in [1.54, 1.807) is 0 Å². The van der Waals surface area contributed by atoms with Crippen molar-refractivity contribution in [2.45, 2.75) is 7.43 Å². The molecule has 0 radical (unpaired) electrons. The van der Waals surface area contributed by atoms with Gasteiger partial charge in [0.1, 0.15) is 0 Å². The Kier molecular flexibility index (Phi) is 39.1. The maximum atomic E-state index is 10.0. The van der Waals surface area contributed by atoms with Crippen LogP contribution in [0, 0.1) is 0 Å². The Balaban J connectivity index is -0.0000000519. The zero-order valence-electron chi connectivity index (χ0n) is 8.64. The maximum absolute atomic E-state index is 10.0. The molecule has 0 aliphatic carbocycles. The molecule has 0 amide bonds. The van der Waals surface area contributed by atoms with E-state index in [2.05, 4.69) is 22.0 Å². The van der Waals surface area contributed by atoms with Crippen molar-refractivity contribution in [1.29, 1.82) is 0 Å². The fraction of sp³-hybridized carbons (Fsp3) is 0.667. The molecule has 8 nitrogen and oxygen atoms in total. The molecule has 11 heteroatoms. The molecule has 0 fully saturated rings. The van der Waals surface area contributed by atoms with Gasteiger partial charge in [0, 0.05) is 26.3 Å². The Bertz CT molecular complexity index is 194. The first-order valence-electron chi connectivity index (χ1n) is 3.35. The minimum Gasteiger partial charge on any atom is -0.394 e. The summed E-state index contributed by atoms with van der Waals surface area (Å²) in [6.07, 6.45) is 0. The Morgan fingerprint density at radius 1 is 1.24 bits per heavy atom. The summed E-state index contributed by atoms with van der Waals surface area (Å²) in [7, 11) is -6.32. The zero-order valence-corrected chi connectivity index (χ0v) is 12.0. The second-order valence-electron chi connectivity index (χ2n) is 1.43. The second-order valence-corrected chi connectivity index (χ2v) is 3.87. The Labute approximate surface area is 117 Å². The molecule has 1 unspecified atom stereocenters. The van der Waals surface area contributed by atoms with Gasteiger partial charge in [-0.2, -0.15) is 0 Å². The summed E-state index contributed by atoms with van der Waals surface area (Å²) in [6.45, 7) is 5.75. The minimum absolute atomic E-state index is 0. The van der Waals surface area contributed by atoms with E-state index in [1.165, 1.54) is 0 Å². The molecule has 0 aromatic rings. The smallest absolute Gasteiger partial charge is 0.394 e. The normalized spacial score (nSPS) is 9.12. The first-order valence-corrected chi connectivity index (χ1v) is 5.98. The van der Waals surface area contributed by atoms with Gasteiger partial charge in [-0.1, -0.05) is 7.43 Å². The maximum Gasteiger partial charge on any atom is 0.708 e. The van der Waals surface area contributed by atoms with Gasteiger partial charge in [-0.05, 0) is 4.31 Å². The van der Waals surface area contributed by atoms with Crippen LogP contribution in [0.3, 0.4) is 0 Å². The van der Waals surface area contributed by atoms with Crippen molar-refractivity contribution in [3.05, 3.63) is 13.2 Å². The van der Waals surface area contributed by atoms with Gasteiger partial charge in [0.05, 0.1) is 20.3 Å². The van der Waals surface area contributed by atoms with Crippen LogP contribution in [0.4, 0.5) is 0 Å². The molecule has 0 spiro atoms. The largest absolute Gasteiger partial charge is 0.708 e. The zero-order chi connectivity index (χ0) is 12.9. The molecule has 17 heavy (non-hydrogen) atoms. The second kappa shape index (κ2) is 21.8. The van der Waals surface area contributed by atoms with Crippen LogP contribution in [0.15, 0.2) is 13.2 Å². The van der Waals surface area contributed by atoms with Crippen molar-refractivity contribution in [1.82, 2.24) is 0 Å². The number of hydrogen-bond acceptors (Lipinski definition) is 6. The third kappa shape index (κ3) is 47.9. The molecule has 0 aliphatic heterocycles. The van der Waals surface area contributed by atoms with Crippen LogP contribution in [0.5, 0.6) is 0 Å². The van der Waals surface area contributed by atoms with E-state index >= 15 is 0 Å². The molecular weight excluding hydrogens is 310 g/mol. The third-order valence-electron chi connectivity index (χ3n) is 0.422. The van der Waals surface area contributed by atoms with E-state index < -0.39 is 16.1 Å². The van der Waals surface area contributed by atoms with Gasteiger partial charge in [-0.3, -0.25) is 0 Å². The molecule has 4 N–H and O–H groups in total. The van der Waals surface area contributed by atoms with Crippen molar-refractivity contribution in [2.24, 2.45) is 0 Å². The standard InChI is InChI=1S/C2H6O2.C2H4.CH4O6P2.CH4.Ti/c3-1-2-4;1-2;1-6-8(2)7-9(3,4)5;;/h3-4H,1-2H2;1-2H2;1H3,(H-,3,4,5);1H4;/p+1. The average Bonchev–Trinajstić information content (AvgIpc) is 2.19. The Morgan fingerprint density at radius 2 is 1.53 bits per heavy atom. The number of aliphatic hydroxyl groups is 2. The van der Waals surface area contributed by atoms with Crippen molar-refractivity contribution in [3.8, 4) is 0 Å². The first kappa shape index (κ1) is 30.5. The molecule has 0 aromatic heterocycles. The quantitative estimate of drug-likeness (QED) is 0.338. The summed E-state index contributed by atoms with van der Waals surface area (Å²) in [4.78, 5) is 15.9. The van der Waals surface area contributed by atoms with Crippen LogP contribution >= 0.6 is 16.1 Å². The van der Waals surface area contributed by atoms with Crippen LogP contribution in [-0.2, 0) is 39.7 Å². The van der Waals surface area contributed by atoms with Crippen LogP contribution in [0.1, 0.15) is 7.43 Å². The van der Waals surface area contributed by atoms with Gasteiger partial charge in [0.15, 0.2) is 0 Å². The topological polar surface area (TPSA) is 134 Å². The van der Waals surface area contributed by atoms with Gasteiger partial charge in [-0.25, -0.2) is 4.57 Å². The first-order chi connectivity index (χ1) is 6.87. The molecule has 0 aromatic carbocycles. The fourth-order valence-corrected chi connectivity index (χ4v) is 1.08. The number of rotatable bonds is 4. The monoisotopic (exact) mass is 329 g/mol. The van der Waals surface area contributed by atoms with Gasteiger partial charge in [-0.15, -0.1) is 17.7 Å². The summed E-state index contributed by atoms with van der Waals surface area (Å²) in [5.74, 6) is 0. The Morgan fingerprint density at radius 3 is 1.59 bits per heavy atom. The van der Waals surface area contributed by atoms with Gasteiger partial charge < -0.3 is 20.0 Å². The number of hydrogen-bond donors (Lipinski definition) is 4. The van der Waals surface area contributed by atoms with Crippen molar-refractivity contribution >= 4 is 16.1 Å². The molecular formula is C6H19O8P2Ti+. The SMILES string of the molecule is C.C=C.CO[P+](=O)OP(=O)(O)O.OCCO.[Ti]. The van der Waals surface area contributed by atoms with Gasteiger partial charge in [0.2, 0.25) is 0 Å². The minimum atomic E-state index is -4.65. The molecule has 1 atom stereocenters. The fourth-order valence-electron chi connectivity index (χ4n) is 0.120. The molecule has 0 aliphatic rings. The Hall–Kier alpha value is 0.544. The van der Waals surface area contributed by atoms with Crippen molar-refractivity contribution in [2.75, 3.05) is 20.3 Å². The third-order valence-corrected chi connectivity index (χ3v) is 2.10. The molecule has 0 rings (SSSR count). The summed E-state index contributed by atoms with van der Waals surface area (Å²) in [5, 5.41) is 15.2. The molecule has 104 valence electrons. The number of aliphatic hydroxyl groups excluding tert-OH is 2. The molecule has 0 heterocycles. The number of phosphoric acid groups is 1. The van der Waals surface area contributed by atoms with E-state index in [0.29, 0.717) is 0 Å². The van der Waals surface area contributed by atoms with E-state index in [0.717, 1.165) is 7.11 Å². The predicted molar refractivity (Wildman–Crippen MR) is 59.9 cm³/mol. The van der Waals surface area contributed by atoms with Crippen LogP contribution in [0.25, 0.3) is 0 Å². The van der Waals surface area contributed by atoms with E-state index in [1.807, 2.05) is 0 Å². The van der Waals surface area contributed by atoms with Gasteiger partial charge in [0.25, 0.3) is 0 Å². The molecule has 0 bridgehead atoms.